The molecule has 0 bridgehead atoms. The Hall–Kier alpha value is -3.85. The highest BCUT2D eigenvalue weighted by Crippen LogP contribution is 2.27. The van der Waals surface area contributed by atoms with E-state index in [9.17, 15) is 15.4 Å². The maximum absolute atomic E-state index is 11.1. The maximum atomic E-state index is 11.1. The number of aryl methyl sites for hydroxylation is 1. The molecule has 0 unspecified atom stereocenters. The van der Waals surface area contributed by atoms with Crippen LogP contribution in [0.1, 0.15) is 36.4 Å². The third kappa shape index (κ3) is 4.51. The molecule has 2 aromatic carbocycles. The molecule has 0 aliphatic rings. The van der Waals surface area contributed by atoms with Gasteiger partial charge in [0.2, 0.25) is 0 Å². The van der Waals surface area contributed by atoms with Crippen molar-refractivity contribution in [3.05, 3.63) is 87.2 Å². The zero-order valence-corrected chi connectivity index (χ0v) is 18.3. The van der Waals surface area contributed by atoms with E-state index in [1.807, 2.05) is 19.9 Å². The molecular weight excluding hydrogens is 388 g/mol. The number of hydrogen-bond acceptors (Lipinski definition) is 4. The molecule has 0 saturated carbocycles. The second-order valence-electron chi connectivity index (χ2n) is 7.33. The Morgan fingerprint density at radius 3 is 2.39 bits per heavy atom. The van der Waals surface area contributed by atoms with Crippen LogP contribution in [0.4, 0.5) is 11.4 Å². The van der Waals surface area contributed by atoms with Gasteiger partial charge in [-0.3, -0.25) is 10.1 Å². The van der Waals surface area contributed by atoms with Crippen molar-refractivity contribution in [3.8, 4) is 11.8 Å². The number of nitro groups is 1. The summed E-state index contributed by atoms with van der Waals surface area (Å²) in [7, 11) is 0. The monoisotopic (exact) mass is 414 g/mol. The fourth-order valence-electron chi connectivity index (χ4n) is 3.86. The van der Waals surface area contributed by atoms with Crippen molar-refractivity contribution in [2.75, 3.05) is 18.0 Å². The van der Waals surface area contributed by atoms with E-state index in [-0.39, 0.29) is 5.69 Å². The summed E-state index contributed by atoms with van der Waals surface area (Å²) < 4.78 is 2.15. The Labute approximate surface area is 182 Å². The first kappa shape index (κ1) is 21.8. The highest BCUT2D eigenvalue weighted by Gasteiger charge is 2.13. The fourth-order valence-corrected chi connectivity index (χ4v) is 3.86. The number of benzene rings is 2. The molecule has 0 N–H and O–H groups in total. The number of non-ortho nitro benzene ring substituents is 1. The van der Waals surface area contributed by atoms with E-state index in [0.29, 0.717) is 11.1 Å². The molecule has 1 heterocycles. The zero-order chi connectivity index (χ0) is 22.5. The van der Waals surface area contributed by atoms with Gasteiger partial charge < -0.3 is 9.47 Å². The number of rotatable bonds is 7. The summed E-state index contributed by atoms with van der Waals surface area (Å²) in [5, 5.41) is 20.8. The Balaban J connectivity index is 2.00. The molecule has 3 aromatic rings. The van der Waals surface area contributed by atoms with Gasteiger partial charge in [-0.1, -0.05) is 12.1 Å². The lowest BCUT2D eigenvalue weighted by molar-refractivity contribution is -0.384. The molecule has 6 nitrogen and oxygen atoms in total. The molecule has 0 radical (unpaired) electrons. The van der Waals surface area contributed by atoms with Gasteiger partial charge in [0.1, 0.15) is 0 Å². The molecule has 31 heavy (non-hydrogen) atoms. The van der Waals surface area contributed by atoms with Crippen LogP contribution >= 0.6 is 0 Å². The molecule has 6 heteroatoms. The lowest BCUT2D eigenvalue weighted by Crippen LogP contribution is -2.21. The van der Waals surface area contributed by atoms with E-state index >= 15 is 0 Å². The average Bonchev–Trinajstić information content (AvgIpc) is 3.06. The number of nitriles is 1. The second-order valence-corrected chi connectivity index (χ2v) is 7.33. The van der Waals surface area contributed by atoms with Crippen LogP contribution < -0.4 is 4.90 Å². The number of allylic oxidation sites excluding steroid dienone is 1. The third-order valence-corrected chi connectivity index (χ3v) is 5.50. The smallest absolute Gasteiger partial charge is 0.270 e. The minimum atomic E-state index is -0.452. The Bertz CT molecular complexity index is 1160. The van der Waals surface area contributed by atoms with Gasteiger partial charge in [0.25, 0.3) is 5.69 Å². The van der Waals surface area contributed by atoms with Crippen molar-refractivity contribution in [1.82, 2.24) is 4.57 Å². The van der Waals surface area contributed by atoms with Crippen molar-refractivity contribution in [2.45, 2.75) is 27.7 Å². The summed E-state index contributed by atoms with van der Waals surface area (Å²) in [6.07, 6.45) is 1.79. The molecule has 158 valence electrons. The molecule has 0 atom stereocenters. The molecule has 0 spiro atoms. The number of anilines is 1. The number of nitrogens with zero attached hydrogens (tertiary/aromatic N) is 4. The third-order valence-electron chi connectivity index (χ3n) is 5.50. The van der Waals surface area contributed by atoms with Gasteiger partial charge in [0.15, 0.2) is 0 Å². The van der Waals surface area contributed by atoms with Gasteiger partial charge in [-0.05, 0) is 75.2 Å². The van der Waals surface area contributed by atoms with Crippen LogP contribution in [0.2, 0.25) is 0 Å². The topological polar surface area (TPSA) is 75.1 Å². The van der Waals surface area contributed by atoms with Crippen LogP contribution in [0.5, 0.6) is 0 Å². The molecule has 3 rings (SSSR count). The van der Waals surface area contributed by atoms with Gasteiger partial charge in [0.05, 0.1) is 16.6 Å². The SMILES string of the molecule is CCN(CC)c1ccc(-n2c(C)cc(/C=C(/C#N)c3cccc([N+](=O)[O-])c3)c2C)cc1. The largest absolute Gasteiger partial charge is 0.372 e. The Morgan fingerprint density at radius 1 is 1.13 bits per heavy atom. The minimum absolute atomic E-state index is 0.0302. The standard InChI is InChI=1S/C25H26N4O2/c1-5-27(6-2)23-10-12-24(13-11-23)28-18(3)14-21(19(28)4)15-22(17-26)20-8-7-9-25(16-20)29(30)31/h7-16H,5-6H2,1-4H3/b22-15-. The minimum Gasteiger partial charge on any atom is -0.372 e. The maximum Gasteiger partial charge on any atom is 0.270 e. The van der Waals surface area contributed by atoms with Gasteiger partial charge in [0, 0.05) is 48.0 Å². The molecule has 0 amide bonds. The quantitative estimate of drug-likeness (QED) is 0.273. The van der Waals surface area contributed by atoms with E-state index in [2.05, 4.69) is 53.6 Å². The van der Waals surface area contributed by atoms with E-state index in [1.54, 1.807) is 18.2 Å². The van der Waals surface area contributed by atoms with Crippen molar-refractivity contribution in [3.63, 3.8) is 0 Å². The van der Waals surface area contributed by atoms with Crippen LogP contribution in [0.3, 0.4) is 0 Å². The molecule has 0 aliphatic heterocycles. The normalized spacial score (nSPS) is 11.3. The molecular formula is C25H26N4O2. The summed E-state index contributed by atoms with van der Waals surface area (Å²) in [5.74, 6) is 0. The molecule has 0 fully saturated rings. The summed E-state index contributed by atoms with van der Waals surface area (Å²) in [6, 6.07) is 18.8. The Morgan fingerprint density at radius 2 is 1.81 bits per heavy atom. The first-order valence-corrected chi connectivity index (χ1v) is 10.3. The van der Waals surface area contributed by atoms with Gasteiger partial charge in [-0.15, -0.1) is 0 Å². The average molecular weight is 415 g/mol. The van der Waals surface area contributed by atoms with E-state index < -0.39 is 4.92 Å². The van der Waals surface area contributed by atoms with Crippen molar-refractivity contribution < 1.29 is 4.92 Å². The van der Waals surface area contributed by atoms with Crippen molar-refractivity contribution in [2.24, 2.45) is 0 Å². The van der Waals surface area contributed by atoms with Crippen molar-refractivity contribution >= 4 is 23.0 Å². The summed E-state index contributed by atoms with van der Waals surface area (Å²) in [6.45, 7) is 10.2. The van der Waals surface area contributed by atoms with E-state index in [1.165, 1.54) is 17.8 Å². The highest BCUT2D eigenvalue weighted by atomic mass is 16.6. The predicted molar refractivity (Wildman–Crippen MR) is 125 cm³/mol. The number of aromatic nitrogens is 1. The molecule has 0 saturated heterocycles. The van der Waals surface area contributed by atoms with Crippen LogP contribution in [-0.4, -0.2) is 22.6 Å². The van der Waals surface area contributed by atoms with Crippen LogP contribution in [0, 0.1) is 35.3 Å². The lowest BCUT2D eigenvalue weighted by Gasteiger charge is -2.21. The summed E-state index contributed by atoms with van der Waals surface area (Å²) in [5.41, 5.74) is 6.10. The second kappa shape index (κ2) is 9.31. The number of nitro benzene ring substituents is 1. The summed E-state index contributed by atoms with van der Waals surface area (Å²) >= 11 is 0. The van der Waals surface area contributed by atoms with E-state index in [4.69, 9.17) is 0 Å². The first-order chi connectivity index (χ1) is 14.9. The van der Waals surface area contributed by atoms with E-state index in [0.717, 1.165) is 35.7 Å². The van der Waals surface area contributed by atoms with Gasteiger partial charge in [-0.2, -0.15) is 5.26 Å². The van der Waals surface area contributed by atoms with Gasteiger partial charge >= 0.3 is 0 Å². The first-order valence-electron chi connectivity index (χ1n) is 10.3. The van der Waals surface area contributed by atoms with Gasteiger partial charge in [-0.25, -0.2) is 0 Å². The highest BCUT2D eigenvalue weighted by molar-refractivity contribution is 5.90. The van der Waals surface area contributed by atoms with Crippen molar-refractivity contribution in [1.29, 1.82) is 5.26 Å². The molecule has 0 aliphatic carbocycles. The van der Waals surface area contributed by atoms with Crippen LogP contribution in [-0.2, 0) is 0 Å². The summed E-state index contributed by atoms with van der Waals surface area (Å²) in [4.78, 5) is 12.9. The lowest BCUT2D eigenvalue weighted by atomic mass is 10.0. The predicted octanol–water partition coefficient (Wildman–Crippen LogP) is 5.91. The Kier molecular flexibility index (Phi) is 6.56. The van der Waals surface area contributed by atoms with Crippen LogP contribution in [0.15, 0.2) is 54.6 Å². The zero-order valence-electron chi connectivity index (χ0n) is 18.3. The molecule has 1 aromatic heterocycles. The van der Waals surface area contributed by atoms with Crippen LogP contribution in [0.25, 0.3) is 17.3 Å². The number of hydrogen-bond donors (Lipinski definition) is 0. The fraction of sp³-hybridized carbons (Fsp3) is 0.240.